The van der Waals surface area contributed by atoms with E-state index in [2.05, 4.69) is 48.8 Å². The Morgan fingerprint density at radius 3 is 1.86 bits per heavy atom. The molecule has 1 rings (SSSR count). The van der Waals surface area contributed by atoms with Gasteiger partial charge in [0.15, 0.2) is 0 Å². The van der Waals surface area contributed by atoms with Gasteiger partial charge in [0.1, 0.15) is 7.28 Å². The Morgan fingerprint density at radius 1 is 0.929 bits per heavy atom. The molecule has 1 radical (unpaired) electrons. The van der Waals surface area contributed by atoms with Crippen LogP contribution in [-0.2, 0) is 0 Å². The fraction of sp³-hybridized carbons (Fsp3) is 1.00. The second-order valence-electron chi connectivity index (χ2n) is 7.17. The van der Waals surface area contributed by atoms with Crippen LogP contribution in [0.4, 0.5) is 0 Å². The van der Waals surface area contributed by atoms with Crippen LogP contribution in [0.3, 0.4) is 0 Å². The van der Waals surface area contributed by atoms with Gasteiger partial charge in [-0.2, -0.15) is 0 Å². The Balaban J connectivity index is 2.42. The highest BCUT2D eigenvalue weighted by molar-refractivity contribution is 6.41. The molecule has 0 spiro atoms. The third-order valence-electron chi connectivity index (χ3n) is 3.43. The maximum absolute atomic E-state index is 2.57. The normalized spacial score (nSPS) is 29.3. The maximum Gasteiger partial charge on any atom is 0.120 e. The van der Waals surface area contributed by atoms with E-state index < -0.39 is 0 Å². The summed E-state index contributed by atoms with van der Waals surface area (Å²) in [6.07, 6.45) is 4.26. The van der Waals surface area contributed by atoms with Crippen LogP contribution in [-0.4, -0.2) is 7.28 Å². The first-order chi connectivity index (χ1) is 6.18. The first-order valence-electron chi connectivity index (χ1n) is 6.04. The summed E-state index contributed by atoms with van der Waals surface area (Å²) in [6.45, 7) is 14.1. The summed E-state index contributed by atoms with van der Waals surface area (Å²) in [5.41, 5.74) is 0.514. The summed E-state index contributed by atoms with van der Waals surface area (Å²) in [7, 11) is 2.57. The van der Waals surface area contributed by atoms with E-state index in [1.165, 1.54) is 19.3 Å². The summed E-state index contributed by atoms with van der Waals surface area (Å²) in [5.74, 6) is 1.81. The van der Waals surface area contributed by atoms with Crippen molar-refractivity contribution in [2.45, 2.75) is 71.9 Å². The topological polar surface area (TPSA) is 0 Å². The lowest BCUT2D eigenvalue weighted by molar-refractivity contribution is 0.246. The van der Waals surface area contributed by atoms with Crippen molar-refractivity contribution in [1.82, 2.24) is 0 Å². The van der Waals surface area contributed by atoms with E-state index in [0.717, 1.165) is 11.7 Å². The zero-order valence-corrected chi connectivity index (χ0v) is 10.9. The van der Waals surface area contributed by atoms with Gasteiger partial charge >= 0.3 is 0 Å². The Bertz CT molecular complexity index is 182. The van der Waals surface area contributed by atoms with Crippen LogP contribution >= 0.6 is 0 Å². The van der Waals surface area contributed by atoms with Crippen molar-refractivity contribution in [2.75, 3.05) is 0 Å². The van der Waals surface area contributed by atoms with E-state index in [4.69, 9.17) is 0 Å². The lowest BCUT2D eigenvalue weighted by atomic mass is 9.47. The minimum absolute atomic E-state index is 0.400. The molecule has 0 aliphatic heterocycles. The van der Waals surface area contributed by atoms with Gasteiger partial charge in [0.25, 0.3) is 0 Å². The van der Waals surface area contributed by atoms with Crippen LogP contribution in [0.25, 0.3) is 0 Å². The Morgan fingerprint density at radius 2 is 1.50 bits per heavy atom. The molecule has 2 atom stereocenters. The summed E-state index contributed by atoms with van der Waals surface area (Å²) < 4.78 is 0. The molecule has 1 saturated carbocycles. The maximum atomic E-state index is 2.57. The molecule has 0 saturated heterocycles. The van der Waals surface area contributed by atoms with E-state index in [1.54, 1.807) is 0 Å². The third-order valence-corrected chi connectivity index (χ3v) is 3.43. The first-order valence-corrected chi connectivity index (χ1v) is 6.04. The quantitative estimate of drug-likeness (QED) is 0.536. The molecule has 0 aromatic heterocycles. The van der Waals surface area contributed by atoms with Crippen LogP contribution in [0.1, 0.15) is 60.8 Å². The van der Waals surface area contributed by atoms with Crippen molar-refractivity contribution >= 4 is 7.28 Å². The van der Waals surface area contributed by atoms with Crippen LogP contribution in [0.5, 0.6) is 0 Å². The van der Waals surface area contributed by atoms with E-state index in [0.29, 0.717) is 10.7 Å². The van der Waals surface area contributed by atoms with Crippen LogP contribution in [0.15, 0.2) is 0 Å². The summed E-state index contributed by atoms with van der Waals surface area (Å²) >= 11 is 0. The van der Waals surface area contributed by atoms with Gasteiger partial charge < -0.3 is 0 Å². The molecule has 0 N–H and O–H groups in total. The lowest BCUT2D eigenvalue weighted by Crippen LogP contribution is -2.19. The number of hydrogen-bond donors (Lipinski definition) is 0. The molecule has 0 aromatic rings. The predicted molar refractivity (Wildman–Crippen MR) is 66.0 cm³/mol. The predicted octanol–water partition coefficient (Wildman–Crippen LogP) is 4.54. The van der Waals surface area contributed by atoms with E-state index in [-0.39, 0.29) is 0 Å². The second kappa shape index (κ2) is 3.91. The summed E-state index contributed by atoms with van der Waals surface area (Å²) in [5, 5.41) is 0.400. The van der Waals surface area contributed by atoms with Crippen LogP contribution in [0.2, 0.25) is 11.1 Å². The fourth-order valence-electron chi connectivity index (χ4n) is 2.66. The average molecular weight is 193 g/mol. The number of hydrogen-bond acceptors (Lipinski definition) is 0. The van der Waals surface area contributed by atoms with Gasteiger partial charge in [-0.05, 0) is 11.3 Å². The van der Waals surface area contributed by atoms with Gasteiger partial charge in [0, 0.05) is 0 Å². The minimum Gasteiger partial charge on any atom is -0.0680 e. The summed E-state index contributed by atoms with van der Waals surface area (Å²) in [6, 6.07) is 0. The molecule has 2 unspecified atom stereocenters. The highest BCUT2D eigenvalue weighted by atomic mass is 14.4. The van der Waals surface area contributed by atoms with Gasteiger partial charge in [-0.25, -0.2) is 0 Å². The largest absolute Gasteiger partial charge is 0.120 e. The third kappa shape index (κ3) is 3.67. The van der Waals surface area contributed by atoms with Gasteiger partial charge in [0.2, 0.25) is 0 Å². The van der Waals surface area contributed by atoms with Gasteiger partial charge in [-0.3, -0.25) is 0 Å². The molecule has 1 aliphatic rings. The van der Waals surface area contributed by atoms with Crippen molar-refractivity contribution in [1.29, 1.82) is 0 Å². The van der Waals surface area contributed by atoms with E-state index >= 15 is 0 Å². The molecule has 14 heavy (non-hydrogen) atoms. The molecule has 0 nitrogen and oxygen atoms in total. The lowest BCUT2D eigenvalue weighted by Gasteiger charge is -2.28. The molecule has 0 bridgehead atoms. The highest BCUT2D eigenvalue weighted by Crippen LogP contribution is 2.46. The molecule has 0 aromatic carbocycles. The van der Waals surface area contributed by atoms with Gasteiger partial charge in [-0.15, -0.1) is 0 Å². The zero-order valence-electron chi connectivity index (χ0n) is 10.9. The van der Waals surface area contributed by atoms with Crippen molar-refractivity contribution in [3.05, 3.63) is 0 Å². The van der Waals surface area contributed by atoms with Gasteiger partial charge in [0.05, 0.1) is 0 Å². The molecule has 1 fully saturated rings. The zero-order chi connectivity index (χ0) is 11.0. The Hall–Kier alpha value is 0.0649. The smallest absolute Gasteiger partial charge is 0.0680 e. The Labute approximate surface area is 91.1 Å². The van der Waals surface area contributed by atoms with Gasteiger partial charge in [-0.1, -0.05) is 71.9 Å². The van der Waals surface area contributed by atoms with Crippen LogP contribution in [0, 0.1) is 11.3 Å². The summed E-state index contributed by atoms with van der Waals surface area (Å²) in [4.78, 5) is 0. The van der Waals surface area contributed by atoms with Crippen LogP contribution < -0.4 is 0 Å². The van der Waals surface area contributed by atoms with Crippen molar-refractivity contribution in [3.8, 4) is 0 Å². The number of rotatable bonds is 1. The first kappa shape index (κ1) is 12.1. The van der Waals surface area contributed by atoms with Crippen molar-refractivity contribution in [2.24, 2.45) is 11.3 Å². The second-order valence-corrected chi connectivity index (χ2v) is 7.17. The molecular formula is C13H26B. The molecular weight excluding hydrogens is 167 g/mol. The molecule has 81 valence electrons. The van der Waals surface area contributed by atoms with Crippen molar-refractivity contribution < 1.29 is 0 Å². The molecule has 1 heteroatoms. The SMILES string of the molecule is CC(C)(C)[B]C1CCC(C(C)(C)C)C1. The minimum atomic E-state index is 0.400. The standard InChI is InChI=1S/C13H26B/c1-12(2,3)10-7-8-11(9-10)14-13(4,5)6/h10-11H,7-9H2,1-6H3. The monoisotopic (exact) mass is 193 g/mol. The van der Waals surface area contributed by atoms with E-state index in [9.17, 15) is 0 Å². The highest BCUT2D eigenvalue weighted by Gasteiger charge is 2.34. The fourth-order valence-corrected chi connectivity index (χ4v) is 2.66. The van der Waals surface area contributed by atoms with Crippen molar-refractivity contribution in [3.63, 3.8) is 0 Å². The van der Waals surface area contributed by atoms with E-state index in [1.807, 2.05) is 0 Å². The average Bonchev–Trinajstić information content (AvgIpc) is 2.29. The Kier molecular flexibility index (Phi) is 3.39. The molecule has 0 amide bonds. The molecule has 1 aliphatic carbocycles. The molecule has 0 heterocycles.